The molecular formula is C14H13NO2. The van der Waals surface area contributed by atoms with Gasteiger partial charge in [0.2, 0.25) is 0 Å². The lowest BCUT2D eigenvalue weighted by molar-refractivity contribution is 0.0601. The maximum atomic E-state index is 11.4. The molecule has 0 saturated carbocycles. The standard InChI is InChI=1S/C14H13NO2/c1-17-14(16)11-6-4-5-10(9-11)12-7-2-3-8-13(12)15/h2-9H,15H2,1H3. The Morgan fingerprint density at radius 3 is 2.59 bits per heavy atom. The van der Waals surface area contributed by atoms with Crippen LogP contribution in [0.5, 0.6) is 0 Å². The van der Waals surface area contributed by atoms with Gasteiger partial charge in [0.05, 0.1) is 12.7 Å². The first-order chi connectivity index (χ1) is 8.22. The molecule has 0 spiro atoms. The molecule has 0 fully saturated rings. The molecule has 0 aliphatic rings. The van der Waals surface area contributed by atoms with Gasteiger partial charge in [0, 0.05) is 11.3 Å². The fraction of sp³-hybridized carbons (Fsp3) is 0.0714. The third kappa shape index (κ3) is 2.28. The Morgan fingerprint density at radius 1 is 1.12 bits per heavy atom. The normalized spacial score (nSPS) is 9.94. The third-order valence-corrected chi connectivity index (χ3v) is 2.56. The van der Waals surface area contributed by atoms with Crippen molar-refractivity contribution in [2.24, 2.45) is 0 Å². The average Bonchev–Trinajstić information content (AvgIpc) is 2.38. The zero-order chi connectivity index (χ0) is 12.3. The van der Waals surface area contributed by atoms with Gasteiger partial charge in [0.25, 0.3) is 0 Å². The van der Waals surface area contributed by atoms with E-state index in [0.29, 0.717) is 11.3 Å². The van der Waals surface area contributed by atoms with Gasteiger partial charge in [-0.3, -0.25) is 0 Å². The molecule has 0 atom stereocenters. The van der Waals surface area contributed by atoms with E-state index in [1.165, 1.54) is 7.11 Å². The summed E-state index contributed by atoms with van der Waals surface area (Å²) in [5.41, 5.74) is 8.93. The summed E-state index contributed by atoms with van der Waals surface area (Å²) >= 11 is 0. The van der Waals surface area contributed by atoms with Gasteiger partial charge in [0.15, 0.2) is 0 Å². The van der Waals surface area contributed by atoms with Gasteiger partial charge in [-0.25, -0.2) is 4.79 Å². The number of ether oxygens (including phenoxy) is 1. The fourth-order valence-electron chi connectivity index (χ4n) is 1.69. The van der Waals surface area contributed by atoms with E-state index in [1.54, 1.807) is 12.1 Å². The number of nitrogen functional groups attached to an aromatic ring is 1. The Kier molecular flexibility index (Phi) is 3.10. The number of esters is 1. The van der Waals surface area contributed by atoms with Crippen LogP contribution < -0.4 is 5.73 Å². The molecule has 0 aromatic heterocycles. The first-order valence-corrected chi connectivity index (χ1v) is 5.25. The molecule has 0 aliphatic carbocycles. The van der Waals surface area contributed by atoms with E-state index < -0.39 is 0 Å². The van der Waals surface area contributed by atoms with Crippen LogP contribution in [0, 0.1) is 0 Å². The molecule has 2 aromatic carbocycles. The van der Waals surface area contributed by atoms with Gasteiger partial charge in [-0.2, -0.15) is 0 Å². The lowest BCUT2D eigenvalue weighted by Crippen LogP contribution is -2.01. The molecule has 0 unspecified atom stereocenters. The molecule has 0 saturated heterocycles. The summed E-state index contributed by atoms with van der Waals surface area (Å²) in [7, 11) is 1.37. The zero-order valence-electron chi connectivity index (χ0n) is 9.51. The Morgan fingerprint density at radius 2 is 1.88 bits per heavy atom. The number of para-hydroxylation sites is 1. The minimum Gasteiger partial charge on any atom is -0.465 e. The van der Waals surface area contributed by atoms with Crippen molar-refractivity contribution >= 4 is 11.7 Å². The largest absolute Gasteiger partial charge is 0.465 e. The lowest BCUT2D eigenvalue weighted by Gasteiger charge is -2.06. The fourth-order valence-corrected chi connectivity index (χ4v) is 1.69. The van der Waals surface area contributed by atoms with Crippen LogP contribution in [0.25, 0.3) is 11.1 Å². The van der Waals surface area contributed by atoms with Crippen LogP contribution >= 0.6 is 0 Å². The number of carbonyl (C=O) groups excluding carboxylic acids is 1. The second-order valence-corrected chi connectivity index (χ2v) is 3.66. The SMILES string of the molecule is COC(=O)c1cccc(-c2ccccc2N)c1. The van der Waals surface area contributed by atoms with Gasteiger partial charge >= 0.3 is 5.97 Å². The monoisotopic (exact) mass is 227 g/mol. The van der Waals surface area contributed by atoms with Crippen LogP contribution in [0.15, 0.2) is 48.5 Å². The van der Waals surface area contributed by atoms with Crippen LogP contribution in [0.2, 0.25) is 0 Å². The second-order valence-electron chi connectivity index (χ2n) is 3.66. The Bertz CT molecular complexity index is 549. The molecule has 0 amide bonds. The minimum absolute atomic E-state index is 0.346. The van der Waals surface area contributed by atoms with Crippen LogP contribution in [0.3, 0.4) is 0 Å². The molecule has 2 rings (SSSR count). The van der Waals surface area contributed by atoms with Gasteiger partial charge in [0.1, 0.15) is 0 Å². The van der Waals surface area contributed by atoms with Gasteiger partial charge in [-0.05, 0) is 23.8 Å². The van der Waals surface area contributed by atoms with Crippen molar-refractivity contribution in [3.05, 3.63) is 54.1 Å². The summed E-state index contributed by atoms with van der Waals surface area (Å²) in [6.45, 7) is 0. The van der Waals surface area contributed by atoms with Crippen LogP contribution in [-0.4, -0.2) is 13.1 Å². The molecule has 0 bridgehead atoms. The van der Waals surface area contributed by atoms with E-state index in [4.69, 9.17) is 5.73 Å². The smallest absolute Gasteiger partial charge is 0.337 e. The number of benzene rings is 2. The maximum Gasteiger partial charge on any atom is 0.337 e. The Hall–Kier alpha value is -2.29. The topological polar surface area (TPSA) is 52.3 Å². The number of methoxy groups -OCH3 is 1. The van der Waals surface area contributed by atoms with Crippen molar-refractivity contribution in [3.8, 4) is 11.1 Å². The number of carbonyl (C=O) groups is 1. The Labute approximate surface area is 99.8 Å². The highest BCUT2D eigenvalue weighted by molar-refractivity contribution is 5.91. The van der Waals surface area contributed by atoms with E-state index in [0.717, 1.165) is 11.1 Å². The highest BCUT2D eigenvalue weighted by atomic mass is 16.5. The van der Waals surface area contributed by atoms with Crippen molar-refractivity contribution < 1.29 is 9.53 Å². The number of anilines is 1. The quantitative estimate of drug-likeness (QED) is 0.634. The second kappa shape index (κ2) is 4.70. The molecule has 3 nitrogen and oxygen atoms in total. The Balaban J connectivity index is 2.47. The number of rotatable bonds is 2. The van der Waals surface area contributed by atoms with Crippen molar-refractivity contribution in [2.75, 3.05) is 12.8 Å². The predicted molar refractivity (Wildman–Crippen MR) is 67.6 cm³/mol. The van der Waals surface area contributed by atoms with Crippen LogP contribution in [0.4, 0.5) is 5.69 Å². The molecule has 0 heterocycles. The highest BCUT2D eigenvalue weighted by Crippen LogP contribution is 2.26. The van der Waals surface area contributed by atoms with Gasteiger partial charge < -0.3 is 10.5 Å². The molecule has 3 heteroatoms. The van der Waals surface area contributed by atoms with E-state index in [-0.39, 0.29) is 5.97 Å². The summed E-state index contributed by atoms with van der Waals surface area (Å²) in [5.74, 6) is -0.346. The third-order valence-electron chi connectivity index (χ3n) is 2.56. The minimum atomic E-state index is -0.346. The van der Waals surface area contributed by atoms with Crippen LogP contribution in [0.1, 0.15) is 10.4 Å². The van der Waals surface area contributed by atoms with Gasteiger partial charge in [-0.1, -0.05) is 30.3 Å². The van der Waals surface area contributed by atoms with Crippen molar-refractivity contribution in [1.82, 2.24) is 0 Å². The van der Waals surface area contributed by atoms with Crippen molar-refractivity contribution in [1.29, 1.82) is 0 Å². The van der Waals surface area contributed by atoms with E-state index in [2.05, 4.69) is 4.74 Å². The van der Waals surface area contributed by atoms with Crippen molar-refractivity contribution in [2.45, 2.75) is 0 Å². The molecular weight excluding hydrogens is 214 g/mol. The highest BCUT2D eigenvalue weighted by Gasteiger charge is 2.07. The van der Waals surface area contributed by atoms with Crippen LogP contribution in [-0.2, 0) is 4.74 Å². The van der Waals surface area contributed by atoms with Crippen molar-refractivity contribution in [3.63, 3.8) is 0 Å². The molecule has 86 valence electrons. The molecule has 2 aromatic rings. The number of hydrogen-bond acceptors (Lipinski definition) is 3. The number of nitrogens with two attached hydrogens (primary N) is 1. The molecule has 0 radical (unpaired) electrons. The summed E-state index contributed by atoms with van der Waals surface area (Å²) in [5, 5.41) is 0. The zero-order valence-corrected chi connectivity index (χ0v) is 9.51. The number of hydrogen-bond donors (Lipinski definition) is 1. The van der Waals surface area contributed by atoms with E-state index in [1.807, 2.05) is 36.4 Å². The first-order valence-electron chi connectivity index (χ1n) is 5.25. The molecule has 0 aliphatic heterocycles. The van der Waals surface area contributed by atoms with E-state index in [9.17, 15) is 4.79 Å². The molecule has 17 heavy (non-hydrogen) atoms. The summed E-state index contributed by atoms with van der Waals surface area (Å²) in [4.78, 5) is 11.4. The maximum absolute atomic E-state index is 11.4. The summed E-state index contributed by atoms with van der Waals surface area (Å²) in [6.07, 6.45) is 0. The lowest BCUT2D eigenvalue weighted by atomic mass is 10.0. The molecule has 2 N–H and O–H groups in total. The van der Waals surface area contributed by atoms with Gasteiger partial charge in [-0.15, -0.1) is 0 Å². The van der Waals surface area contributed by atoms with E-state index >= 15 is 0 Å². The first kappa shape index (κ1) is 11.2. The summed E-state index contributed by atoms with van der Waals surface area (Å²) < 4.78 is 4.69. The average molecular weight is 227 g/mol. The summed E-state index contributed by atoms with van der Waals surface area (Å²) in [6, 6.07) is 14.8. The predicted octanol–water partition coefficient (Wildman–Crippen LogP) is 2.72.